The molecule has 1 aromatic carbocycles. The van der Waals surface area contributed by atoms with Crippen LogP contribution < -0.4 is 16.0 Å². The minimum absolute atomic E-state index is 0.0257. The highest BCUT2D eigenvalue weighted by Gasteiger charge is 2.53. The summed E-state index contributed by atoms with van der Waals surface area (Å²) in [5, 5.41) is 18.2. The Bertz CT molecular complexity index is 1280. The molecule has 2 aromatic heterocycles. The Morgan fingerprint density at radius 3 is 2.81 bits per heavy atom. The lowest BCUT2D eigenvalue weighted by atomic mass is 9.95. The lowest BCUT2D eigenvalue weighted by Crippen LogP contribution is -2.52. The third-order valence-electron chi connectivity index (χ3n) is 5.45. The molecule has 5 rings (SSSR count). The first kappa shape index (κ1) is 19.8. The van der Waals surface area contributed by atoms with Crippen molar-refractivity contribution in [2.24, 2.45) is 0 Å². The number of imide groups is 1. The number of benzene rings is 1. The van der Waals surface area contributed by atoms with Crippen LogP contribution in [0.1, 0.15) is 35.5 Å². The van der Waals surface area contributed by atoms with Crippen LogP contribution in [0.4, 0.5) is 10.7 Å². The van der Waals surface area contributed by atoms with Crippen LogP contribution >= 0.6 is 0 Å². The fourth-order valence-electron chi connectivity index (χ4n) is 3.99. The second kappa shape index (κ2) is 6.94. The van der Waals surface area contributed by atoms with Crippen LogP contribution in [-0.2, 0) is 16.9 Å². The van der Waals surface area contributed by atoms with Crippen LogP contribution in [0.5, 0.6) is 5.75 Å². The predicted molar refractivity (Wildman–Crippen MR) is 112 cm³/mol. The van der Waals surface area contributed by atoms with Gasteiger partial charge in [-0.15, -0.1) is 0 Å². The molecule has 0 saturated carbocycles. The normalized spacial score (nSPS) is 20.1. The van der Waals surface area contributed by atoms with E-state index >= 15 is 0 Å². The number of aromatic hydroxyl groups is 1. The molecule has 4 N–H and O–H groups in total. The molecule has 0 aliphatic carbocycles. The Balaban J connectivity index is 1.53. The highest BCUT2D eigenvalue weighted by molar-refractivity contribution is 6.08. The number of phenolic OH excluding ortho intramolecular Hbond substituents is 1. The first-order valence-corrected chi connectivity index (χ1v) is 10.0. The van der Waals surface area contributed by atoms with Crippen LogP contribution in [0.15, 0.2) is 34.9 Å². The van der Waals surface area contributed by atoms with Crippen molar-refractivity contribution in [2.45, 2.75) is 32.0 Å². The number of fused-ring (bicyclic) bond motifs is 2. The standard InChI is InChI=1S/C21H20N6O5/c1-10(2)23-19-22-7-12-5-15(32-16(12)24-19)21(18(30)25-20(31)26-21)9-27-8-11-3-4-13(28)6-14(11)17(27)29/h3-7,10,28H,8-9H2,1-2H3,(H,22,23,24)(H2,25,26,30,31)/t21-/m0/s1. The summed E-state index contributed by atoms with van der Waals surface area (Å²) in [5.74, 6) is -0.516. The Morgan fingerprint density at radius 1 is 1.28 bits per heavy atom. The van der Waals surface area contributed by atoms with Crippen LogP contribution in [0.25, 0.3) is 11.1 Å². The van der Waals surface area contributed by atoms with Crippen molar-refractivity contribution in [2.75, 3.05) is 11.9 Å². The average Bonchev–Trinajstić information content (AvgIpc) is 3.36. The average molecular weight is 436 g/mol. The maximum absolute atomic E-state index is 12.9. The van der Waals surface area contributed by atoms with E-state index in [-0.39, 0.29) is 42.3 Å². The first-order valence-electron chi connectivity index (χ1n) is 10.0. The fourth-order valence-corrected chi connectivity index (χ4v) is 3.99. The zero-order valence-electron chi connectivity index (χ0n) is 17.3. The monoisotopic (exact) mass is 436 g/mol. The maximum atomic E-state index is 12.9. The topological polar surface area (TPSA) is 150 Å². The molecule has 0 spiro atoms. The molecule has 1 atom stereocenters. The number of carbonyl (C=O) groups is 3. The van der Waals surface area contributed by atoms with Gasteiger partial charge in [0, 0.05) is 24.3 Å². The van der Waals surface area contributed by atoms with E-state index in [2.05, 4.69) is 25.9 Å². The van der Waals surface area contributed by atoms with Crippen molar-refractivity contribution in [3.05, 3.63) is 47.3 Å². The zero-order chi connectivity index (χ0) is 22.6. The van der Waals surface area contributed by atoms with Gasteiger partial charge in [-0.25, -0.2) is 9.78 Å². The van der Waals surface area contributed by atoms with Gasteiger partial charge in [0.05, 0.1) is 11.9 Å². The maximum Gasteiger partial charge on any atom is 0.322 e. The van der Waals surface area contributed by atoms with Gasteiger partial charge in [-0.3, -0.25) is 14.9 Å². The molecule has 32 heavy (non-hydrogen) atoms. The molecular weight excluding hydrogens is 416 g/mol. The van der Waals surface area contributed by atoms with Crippen molar-refractivity contribution in [1.82, 2.24) is 25.5 Å². The first-order chi connectivity index (χ1) is 15.2. The molecule has 1 fully saturated rings. The number of hydrogen-bond donors (Lipinski definition) is 4. The molecule has 0 bridgehead atoms. The van der Waals surface area contributed by atoms with Crippen LogP contribution in [0, 0.1) is 0 Å². The number of rotatable bonds is 5. The lowest BCUT2D eigenvalue weighted by molar-refractivity contribution is -0.125. The minimum atomic E-state index is -1.64. The van der Waals surface area contributed by atoms with Crippen molar-refractivity contribution in [3.63, 3.8) is 0 Å². The smallest absolute Gasteiger partial charge is 0.322 e. The molecule has 164 valence electrons. The number of aromatic nitrogens is 2. The number of amides is 4. The number of hydrogen-bond acceptors (Lipinski definition) is 8. The van der Waals surface area contributed by atoms with Crippen molar-refractivity contribution in [1.29, 1.82) is 0 Å². The summed E-state index contributed by atoms with van der Waals surface area (Å²) in [6.07, 6.45) is 1.56. The third kappa shape index (κ3) is 3.09. The summed E-state index contributed by atoms with van der Waals surface area (Å²) < 4.78 is 5.89. The van der Waals surface area contributed by atoms with Crippen LogP contribution in [-0.4, -0.2) is 50.4 Å². The highest BCUT2D eigenvalue weighted by atomic mass is 16.3. The number of furan rings is 1. The Labute approximate surface area is 181 Å². The van der Waals surface area contributed by atoms with Gasteiger partial charge in [0.25, 0.3) is 11.8 Å². The van der Waals surface area contributed by atoms with Gasteiger partial charge in [-0.1, -0.05) is 6.07 Å². The highest BCUT2D eigenvalue weighted by Crippen LogP contribution is 2.34. The number of anilines is 1. The van der Waals surface area contributed by atoms with Gasteiger partial charge in [-0.2, -0.15) is 4.98 Å². The molecule has 2 aliphatic rings. The summed E-state index contributed by atoms with van der Waals surface area (Å²) in [6, 6.07) is 5.54. The van der Waals surface area contributed by atoms with Crippen molar-refractivity contribution < 1.29 is 23.9 Å². The fraction of sp³-hybridized carbons (Fsp3) is 0.286. The van der Waals surface area contributed by atoms with E-state index < -0.39 is 17.5 Å². The lowest BCUT2D eigenvalue weighted by Gasteiger charge is -2.28. The van der Waals surface area contributed by atoms with Gasteiger partial charge in [-0.05, 0) is 37.6 Å². The molecule has 0 radical (unpaired) electrons. The summed E-state index contributed by atoms with van der Waals surface area (Å²) in [6.45, 7) is 3.95. The Hall–Kier alpha value is -4.15. The second-order valence-electron chi connectivity index (χ2n) is 8.18. The molecule has 1 saturated heterocycles. The minimum Gasteiger partial charge on any atom is -0.508 e. The Kier molecular flexibility index (Phi) is 4.29. The summed E-state index contributed by atoms with van der Waals surface area (Å²) in [7, 11) is 0. The van der Waals surface area contributed by atoms with E-state index in [0.29, 0.717) is 22.5 Å². The second-order valence-corrected chi connectivity index (χ2v) is 8.18. The molecule has 0 unspecified atom stereocenters. The van der Waals surface area contributed by atoms with Gasteiger partial charge in [0.1, 0.15) is 11.5 Å². The molecule has 4 amide bonds. The molecule has 11 heteroatoms. The number of urea groups is 1. The van der Waals surface area contributed by atoms with Crippen LogP contribution in [0.2, 0.25) is 0 Å². The van der Waals surface area contributed by atoms with Gasteiger partial charge < -0.3 is 25.1 Å². The number of nitrogens with zero attached hydrogens (tertiary/aromatic N) is 3. The number of carbonyl (C=O) groups excluding carboxylic acids is 3. The quantitative estimate of drug-likeness (QED) is 0.439. The van der Waals surface area contributed by atoms with Crippen molar-refractivity contribution in [3.8, 4) is 5.75 Å². The van der Waals surface area contributed by atoms with Gasteiger partial charge in [0.2, 0.25) is 11.7 Å². The number of phenols is 1. The zero-order valence-corrected chi connectivity index (χ0v) is 17.3. The largest absolute Gasteiger partial charge is 0.508 e. The Morgan fingerprint density at radius 2 is 2.09 bits per heavy atom. The summed E-state index contributed by atoms with van der Waals surface area (Å²) in [4.78, 5) is 48.0. The van der Waals surface area contributed by atoms with Crippen molar-refractivity contribution >= 4 is 34.9 Å². The van der Waals surface area contributed by atoms with E-state index in [1.54, 1.807) is 18.3 Å². The van der Waals surface area contributed by atoms with Gasteiger partial charge >= 0.3 is 6.03 Å². The molecule has 11 nitrogen and oxygen atoms in total. The van der Waals surface area contributed by atoms with E-state index in [1.807, 2.05) is 13.8 Å². The summed E-state index contributed by atoms with van der Waals surface area (Å²) >= 11 is 0. The van der Waals surface area contributed by atoms with E-state index in [4.69, 9.17) is 4.42 Å². The third-order valence-corrected chi connectivity index (χ3v) is 5.45. The van der Waals surface area contributed by atoms with E-state index in [9.17, 15) is 19.5 Å². The predicted octanol–water partition coefficient (Wildman–Crippen LogP) is 1.44. The summed E-state index contributed by atoms with van der Waals surface area (Å²) in [5.41, 5.74) is -0.326. The molecule has 3 aromatic rings. The number of nitrogens with one attached hydrogen (secondary N) is 3. The molecule has 2 aliphatic heterocycles. The van der Waals surface area contributed by atoms with Gasteiger partial charge in [0.15, 0.2) is 5.54 Å². The van der Waals surface area contributed by atoms with E-state index in [0.717, 1.165) is 0 Å². The molecular formula is C21H20N6O5. The van der Waals surface area contributed by atoms with Crippen LogP contribution in [0.3, 0.4) is 0 Å². The van der Waals surface area contributed by atoms with E-state index in [1.165, 1.54) is 17.0 Å². The molecule has 4 heterocycles. The SMILES string of the molecule is CC(C)Nc1ncc2cc([C@]3(CN4Cc5ccc(O)cc5C4=O)NC(=O)NC3=O)oc2n1.